The van der Waals surface area contributed by atoms with Gasteiger partial charge in [0.1, 0.15) is 18.0 Å². The molecule has 3 atom stereocenters. The maximum atomic E-state index is 13.3. The van der Waals surface area contributed by atoms with Crippen molar-refractivity contribution < 1.29 is 8.42 Å². The quantitative estimate of drug-likeness (QED) is 0.220. The number of hydrogen-bond acceptors (Lipinski definition) is 7. The van der Waals surface area contributed by atoms with E-state index in [0.717, 1.165) is 23.2 Å². The summed E-state index contributed by atoms with van der Waals surface area (Å²) in [6.07, 6.45) is 3.31. The molecule has 0 saturated heterocycles. The van der Waals surface area contributed by atoms with Crippen LogP contribution in [0.1, 0.15) is 50.9 Å². The van der Waals surface area contributed by atoms with Crippen LogP contribution in [0.25, 0.3) is 11.3 Å². The lowest BCUT2D eigenvalue weighted by Gasteiger charge is -2.28. The second kappa shape index (κ2) is 12.4. The van der Waals surface area contributed by atoms with Gasteiger partial charge in [-0.2, -0.15) is 0 Å². The average Bonchev–Trinajstić information content (AvgIpc) is 3.70. The predicted molar refractivity (Wildman–Crippen MR) is 174 cm³/mol. The molecule has 1 aliphatic rings. The molecular weight excluding hydrogens is 556 g/mol. The summed E-state index contributed by atoms with van der Waals surface area (Å²) in [5.41, 5.74) is 10.5. The number of nitrogens with two attached hydrogens (primary N) is 1. The number of hydrogen-bond donors (Lipinski definition) is 1. The van der Waals surface area contributed by atoms with Gasteiger partial charge in [-0.15, -0.1) is 0 Å². The van der Waals surface area contributed by atoms with Gasteiger partial charge in [0, 0.05) is 25.7 Å². The number of pyridine rings is 1. The van der Waals surface area contributed by atoms with Crippen LogP contribution in [0.5, 0.6) is 0 Å². The van der Waals surface area contributed by atoms with E-state index in [4.69, 9.17) is 10.7 Å². The summed E-state index contributed by atoms with van der Waals surface area (Å²) in [6.45, 7) is 9.09. The molecule has 43 heavy (non-hydrogen) atoms. The lowest BCUT2D eigenvalue weighted by atomic mass is 9.89. The molecule has 226 valence electrons. The first kappa shape index (κ1) is 30.6. The zero-order valence-electron chi connectivity index (χ0n) is 25.7. The van der Waals surface area contributed by atoms with E-state index < -0.39 is 20.8 Å². The fourth-order valence-electron chi connectivity index (χ4n) is 5.34. The van der Waals surface area contributed by atoms with Crippen LogP contribution in [0.3, 0.4) is 0 Å². The third-order valence-electron chi connectivity index (χ3n) is 8.33. The second-order valence-corrected chi connectivity index (χ2v) is 14.9. The van der Waals surface area contributed by atoms with E-state index in [9.17, 15) is 8.42 Å². The van der Waals surface area contributed by atoms with Gasteiger partial charge in [-0.1, -0.05) is 67.6 Å². The zero-order chi connectivity index (χ0) is 30.8. The molecule has 1 saturated carbocycles. The van der Waals surface area contributed by atoms with Gasteiger partial charge in [0.05, 0.1) is 22.2 Å². The van der Waals surface area contributed by atoms with Gasteiger partial charge in [0.2, 0.25) is 10.0 Å². The largest absolute Gasteiger partial charge is 0.352 e. The van der Waals surface area contributed by atoms with Gasteiger partial charge >= 0.3 is 0 Å². The highest BCUT2D eigenvalue weighted by Gasteiger charge is 2.35. The van der Waals surface area contributed by atoms with Gasteiger partial charge in [-0.05, 0) is 74.8 Å². The summed E-state index contributed by atoms with van der Waals surface area (Å²) >= 11 is 0. The minimum atomic E-state index is -3.62. The van der Waals surface area contributed by atoms with E-state index in [1.54, 1.807) is 27.0 Å². The fraction of sp³-hybridized carbons (Fsp3) is 0.382. The Bertz CT molecular complexity index is 1640. The van der Waals surface area contributed by atoms with E-state index >= 15 is 0 Å². The number of anilines is 2. The van der Waals surface area contributed by atoms with E-state index in [2.05, 4.69) is 46.1 Å². The Hall–Kier alpha value is -3.82. The molecule has 2 heterocycles. The lowest BCUT2D eigenvalue weighted by molar-refractivity contribution is 0.475. The van der Waals surface area contributed by atoms with Gasteiger partial charge < -0.3 is 10.6 Å². The molecule has 2 aromatic carbocycles. The minimum Gasteiger partial charge on any atom is -0.352 e. The van der Waals surface area contributed by atoms with Crippen molar-refractivity contribution in [3.63, 3.8) is 0 Å². The van der Waals surface area contributed by atoms with Crippen LogP contribution in [-0.2, 0) is 28.5 Å². The van der Waals surface area contributed by atoms with E-state index in [1.807, 2.05) is 55.5 Å². The van der Waals surface area contributed by atoms with Crippen molar-refractivity contribution in [3.8, 4) is 11.3 Å². The Balaban J connectivity index is 1.58. The van der Waals surface area contributed by atoms with Crippen LogP contribution in [0, 0.1) is 11.8 Å². The molecule has 8 nitrogen and oxygen atoms in total. The highest BCUT2D eigenvalue weighted by atomic mass is 32.2. The monoisotopic (exact) mass is 598 g/mol. The van der Waals surface area contributed by atoms with Crippen molar-refractivity contribution in [3.05, 3.63) is 102 Å². The summed E-state index contributed by atoms with van der Waals surface area (Å²) < 4.78 is 27.8. The Morgan fingerprint density at radius 3 is 2.16 bits per heavy atom. The number of sulfonamides is 1. The summed E-state index contributed by atoms with van der Waals surface area (Å²) in [7, 11) is -2.05. The predicted octanol–water partition coefficient (Wildman–Crippen LogP) is 5.79. The van der Waals surface area contributed by atoms with Crippen LogP contribution < -0.4 is 14.9 Å². The molecule has 1 fully saturated rings. The summed E-state index contributed by atoms with van der Waals surface area (Å²) in [5, 5.41) is -0.597. The third-order valence-corrected chi connectivity index (χ3v) is 10.5. The molecule has 5 rings (SSSR count). The van der Waals surface area contributed by atoms with Crippen molar-refractivity contribution >= 4 is 21.7 Å². The fourth-order valence-corrected chi connectivity index (χ4v) is 6.32. The van der Waals surface area contributed by atoms with Crippen molar-refractivity contribution in [2.45, 2.75) is 57.9 Å². The molecule has 9 heteroatoms. The number of benzene rings is 2. The Morgan fingerprint density at radius 1 is 0.953 bits per heavy atom. The molecule has 0 amide bonds. The highest BCUT2D eigenvalue weighted by molar-refractivity contribution is 7.93. The topological polar surface area (TPSA) is 105 Å². The Labute approximate surface area is 256 Å². The van der Waals surface area contributed by atoms with E-state index in [-0.39, 0.29) is 0 Å². The maximum Gasteiger partial charge on any atom is 0.238 e. The number of aromatic nitrogens is 3. The van der Waals surface area contributed by atoms with Crippen LogP contribution in [0.15, 0.2) is 85.2 Å². The van der Waals surface area contributed by atoms with Crippen molar-refractivity contribution in [1.29, 1.82) is 0 Å². The molecule has 0 bridgehead atoms. The zero-order valence-corrected chi connectivity index (χ0v) is 26.5. The van der Waals surface area contributed by atoms with Crippen LogP contribution in [0.2, 0.25) is 0 Å². The molecular formula is C34H42N6O2S. The first-order valence-electron chi connectivity index (χ1n) is 14.9. The van der Waals surface area contributed by atoms with Crippen LogP contribution >= 0.6 is 0 Å². The Kier molecular flexibility index (Phi) is 8.85. The Morgan fingerprint density at radius 2 is 1.56 bits per heavy atom. The molecule has 0 radical (unpaired) electrons. The molecule has 1 aliphatic carbocycles. The molecule has 0 spiro atoms. The van der Waals surface area contributed by atoms with Gasteiger partial charge in [0.25, 0.3) is 0 Å². The SMILES string of the molecule is CC1CC1CN(Cc1ccccc1)c1cc(-c2cc([C@](C)(N)Cc3ccccc3)ncn2)cc(N(C)S(=O)(=O)C(C)C)n1. The highest BCUT2D eigenvalue weighted by Crippen LogP contribution is 2.40. The van der Waals surface area contributed by atoms with Gasteiger partial charge in [-0.25, -0.2) is 23.4 Å². The normalized spacial score (nSPS) is 17.8. The van der Waals surface area contributed by atoms with Gasteiger partial charge in [0.15, 0.2) is 0 Å². The third kappa shape index (κ3) is 7.22. The van der Waals surface area contributed by atoms with Crippen molar-refractivity contribution in [2.24, 2.45) is 17.6 Å². The molecule has 2 aromatic heterocycles. The minimum absolute atomic E-state index is 0.350. The second-order valence-electron chi connectivity index (χ2n) is 12.3. The van der Waals surface area contributed by atoms with Crippen molar-refractivity contribution in [1.82, 2.24) is 15.0 Å². The molecule has 2 N–H and O–H groups in total. The number of nitrogens with zero attached hydrogens (tertiary/aromatic N) is 5. The average molecular weight is 599 g/mol. The van der Waals surface area contributed by atoms with E-state index in [1.165, 1.54) is 17.1 Å². The molecule has 2 unspecified atom stereocenters. The lowest BCUT2D eigenvalue weighted by Crippen LogP contribution is -2.36. The van der Waals surface area contributed by atoms with Crippen LogP contribution in [-0.4, -0.2) is 42.2 Å². The first-order chi connectivity index (χ1) is 20.4. The first-order valence-corrected chi connectivity index (χ1v) is 16.4. The molecule has 4 aromatic rings. The standard InChI is InChI=1S/C34H42N6O2S/c1-24(2)43(41,42)39(5)32-17-28(30-19-31(37-23-36-30)34(4,35)20-26-12-8-6-9-13-26)18-33(38-32)40(22-29-16-25(29)3)21-27-14-10-7-11-15-27/h6-15,17-19,23-25,29H,16,20-22,35H2,1-5H3/t25?,29?,34-/m1/s1. The van der Waals surface area contributed by atoms with Crippen molar-refractivity contribution in [2.75, 3.05) is 22.8 Å². The summed E-state index contributed by atoms with van der Waals surface area (Å²) in [5.74, 6) is 2.28. The number of rotatable bonds is 12. The molecule has 0 aliphatic heterocycles. The van der Waals surface area contributed by atoms with Crippen LogP contribution in [0.4, 0.5) is 11.6 Å². The van der Waals surface area contributed by atoms with Gasteiger partial charge in [-0.3, -0.25) is 4.31 Å². The maximum absolute atomic E-state index is 13.3. The van der Waals surface area contributed by atoms with E-state index in [0.29, 0.717) is 47.8 Å². The summed E-state index contributed by atoms with van der Waals surface area (Å²) in [6, 6.07) is 26.1. The summed E-state index contributed by atoms with van der Waals surface area (Å²) in [4.78, 5) is 16.4. The smallest absolute Gasteiger partial charge is 0.238 e.